The van der Waals surface area contributed by atoms with Crippen LogP contribution in [0.25, 0.3) is 10.1 Å². The Morgan fingerprint density at radius 2 is 2.17 bits per heavy atom. The van der Waals surface area contributed by atoms with Crippen LogP contribution in [0.1, 0.15) is 11.3 Å². The van der Waals surface area contributed by atoms with Gasteiger partial charge in [0.1, 0.15) is 0 Å². The first-order chi connectivity index (χ1) is 10.2. The molecule has 3 rings (SSSR count). The van der Waals surface area contributed by atoms with E-state index in [2.05, 4.69) is 38.9 Å². The molecule has 1 atom stereocenters. The van der Waals surface area contributed by atoms with E-state index in [0.29, 0.717) is 13.0 Å². The van der Waals surface area contributed by atoms with Crippen molar-refractivity contribution in [3.8, 4) is 0 Å². The van der Waals surface area contributed by atoms with Crippen LogP contribution in [-0.4, -0.2) is 21.9 Å². The van der Waals surface area contributed by atoms with Gasteiger partial charge in [0.05, 0.1) is 12.4 Å². The van der Waals surface area contributed by atoms with Gasteiger partial charge >= 0.3 is 0 Å². The van der Waals surface area contributed by atoms with Gasteiger partial charge in [0.15, 0.2) is 0 Å². The molecular formula is C15H18Cl2N4OS. The molecule has 3 aromatic rings. The average Bonchev–Trinajstić information content (AvgIpc) is 3.14. The van der Waals surface area contributed by atoms with Crippen molar-refractivity contribution in [2.45, 2.75) is 19.0 Å². The molecule has 0 spiro atoms. The molecule has 0 saturated heterocycles. The molecular weight excluding hydrogens is 355 g/mol. The summed E-state index contributed by atoms with van der Waals surface area (Å²) in [6, 6.07) is 7.70. The summed E-state index contributed by atoms with van der Waals surface area (Å²) in [6.45, 7) is 0.487. The number of amides is 1. The first kappa shape index (κ1) is 19.4. The molecule has 0 bridgehead atoms. The lowest BCUT2D eigenvalue weighted by Gasteiger charge is -2.11. The Balaban J connectivity index is 0.00000132. The van der Waals surface area contributed by atoms with Crippen LogP contribution < -0.4 is 11.1 Å². The van der Waals surface area contributed by atoms with Crippen LogP contribution in [-0.2, 0) is 17.8 Å². The fourth-order valence-electron chi connectivity index (χ4n) is 2.17. The lowest BCUT2D eigenvalue weighted by molar-refractivity contribution is -0.122. The fourth-order valence-corrected chi connectivity index (χ4v) is 2.94. The lowest BCUT2D eigenvalue weighted by Crippen LogP contribution is -2.41. The number of carbonyl (C=O) groups is 1. The highest BCUT2D eigenvalue weighted by molar-refractivity contribution is 7.17. The molecule has 5 nitrogen and oxygen atoms in total. The number of halogens is 2. The average molecular weight is 373 g/mol. The molecule has 23 heavy (non-hydrogen) atoms. The molecule has 1 amide bonds. The largest absolute Gasteiger partial charge is 0.351 e. The maximum absolute atomic E-state index is 12.0. The second kappa shape index (κ2) is 8.88. The standard InChI is InChI=1S/C15H16N4OS.2ClH/c16-13(6-12-8-17-9-19-12)15(20)18-7-10-1-2-14-11(5-10)3-4-21-14;;/h1-5,8-9,13H,6-7,16H2,(H,17,19)(H,18,20);2*1H/t13-;;/m0../s1. The third-order valence-electron chi connectivity index (χ3n) is 3.32. The van der Waals surface area contributed by atoms with Crippen molar-refractivity contribution in [1.29, 1.82) is 0 Å². The summed E-state index contributed by atoms with van der Waals surface area (Å²) in [5.41, 5.74) is 7.82. The first-order valence-electron chi connectivity index (χ1n) is 6.69. The number of nitrogens with zero attached hydrogens (tertiary/aromatic N) is 1. The van der Waals surface area contributed by atoms with Crippen LogP contribution in [0.2, 0.25) is 0 Å². The molecule has 0 fully saturated rings. The minimum atomic E-state index is -0.574. The summed E-state index contributed by atoms with van der Waals surface area (Å²) < 4.78 is 1.25. The minimum Gasteiger partial charge on any atom is -0.351 e. The van der Waals surface area contributed by atoms with Crippen LogP contribution in [0.3, 0.4) is 0 Å². The monoisotopic (exact) mass is 372 g/mol. The summed E-state index contributed by atoms with van der Waals surface area (Å²) >= 11 is 1.71. The Labute approximate surface area is 150 Å². The number of nitrogens with one attached hydrogen (secondary N) is 2. The van der Waals surface area contributed by atoms with Gasteiger partial charge in [0, 0.05) is 29.6 Å². The normalized spacial score (nSPS) is 11.3. The molecule has 0 aliphatic heterocycles. The van der Waals surface area contributed by atoms with E-state index in [-0.39, 0.29) is 30.7 Å². The smallest absolute Gasteiger partial charge is 0.237 e. The number of aromatic amines is 1. The number of thiophene rings is 1. The summed E-state index contributed by atoms with van der Waals surface area (Å²) in [4.78, 5) is 18.8. The predicted octanol–water partition coefficient (Wildman–Crippen LogP) is 2.65. The van der Waals surface area contributed by atoms with E-state index in [9.17, 15) is 4.79 Å². The zero-order valence-corrected chi connectivity index (χ0v) is 14.6. The van der Waals surface area contributed by atoms with Crippen molar-refractivity contribution in [2.24, 2.45) is 5.73 Å². The summed E-state index contributed by atoms with van der Waals surface area (Å²) in [7, 11) is 0. The van der Waals surface area contributed by atoms with E-state index in [1.807, 2.05) is 6.07 Å². The first-order valence-corrected chi connectivity index (χ1v) is 7.57. The van der Waals surface area contributed by atoms with Crippen molar-refractivity contribution in [2.75, 3.05) is 0 Å². The number of aromatic nitrogens is 2. The summed E-state index contributed by atoms with van der Waals surface area (Å²) in [5, 5.41) is 6.14. The molecule has 124 valence electrons. The molecule has 0 radical (unpaired) electrons. The molecule has 8 heteroatoms. The molecule has 1 aromatic carbocycles. The van der Waals surface area contributed by atoms with Gasteiger partial charge < -0.3 is 16.0 Å². The van der Waals surface area contributed by atoms with Gasteiger partial charge in [-0.2, -0.15) is 0 Å². The van der Waals surface area contributed by atoms with E-state index < -0.39 is 6.04 Å². The quantitative estimate of drug-likeness (QED) is 0.643. The Morgan fingerprint density at radius 3 is 2.91 bits per heavy atom. The highest BCUT2D eigenvalue weighted by Crippen LogP contribution is 2.21. The zero-order valence-electron chi connectivity index (χ0n) is 12.2. The van der Waals surface area contributed by atoms with Crippen LogP contribution >= 0.6 is 36.2 Å². The highest BCUT2D eigenvalue weighted by atomic mass is 35.5. The van der Waals surface area contributed by atoms with Gasteiger partial charge in [0.2, 0.25) is 5.91 Å². The zero-order chi connectivity index (χ0) is 14.7. The maximum atomic E-state index is 12.0. The Hall–Kier alpha value is -1.60. The van der Waals surface area contributed by atoms with Crippen molar-refractivity contribution >= 4 is 52.1 Å². The van der Waals surface area contributed by atoms with Crippen molar-refractivity contribution in [3.05, 3.63) is 53.4 Å². The number of hydrogen-bond acceptors (Lipinski definition) is 4. The van der Waals surface area contributed by atoms with Gasteiger partial charge in [-0.1, -0.05) is 6.07 Å². The van der Waals surface area contributed by atoms with Gasteiger partial charge in [0.25, 0.3) is 0 Å². The van der Waals surface area contributed by atoms with Gasteiger partial charge in [-0.15, -0.1) is 36.2 Å². The van der Waals surface area contributed by atoms with E-state index in [0.717, 1.165) is 11.3 Å². The lowest BCUT2D eigenvalue weighted by atomic mass is 10.1. The second-order valence-electron chi connectivity index (χ2n) is 4.90. The number of H-pyrrole nitrogens is 1. The molecule has 0 saturated carbocycles. The van der Waals surface area contributed by atoms with Crippen molar-refractivity contribution in [3.63, 3.8) is 0 Å². The molecule has 4 N–H and O–H groups in total. The van der Waals surface area contributed by atoms with Crippen LogP contribution in [0.15, 0.2) is 42.2 Å². The van der Waals surface area contributed by atoms with E-state index in [4.69, 9.17) is 5.73 Å². The van der Waals surface area contributed by atoms with E-state index in [1.54, 1.807) is 23.9 Å². The highest BCUT2D eigenvalue weighted by Gasteiger charge is 2.14. The summed E-state index contributed by atoms with van der Waals surface area (Å²) in [5.74, 6) is -0.157. The van der Waals surface area contributed by atoms with Crippen molar-refractivity contribution in [1.82, 2.24) is 15.3 Å². The number of carbonyl (C=O) groups excluding carboxylic acids is 1. The van der Waals surface area contributed by atoms with Crippen LogP contribution in [0.5, 0.6) is 0 Å². The number of nitrogens with two attached hydrogens (primary N) is 1. The number of fused-ring (bicyclic) bond motifs is 1. The second-order valence-corrected chi connectivity index (χ2v) is 5.85. The molecule has 0 aliphatic carbocycles. The van der Waals surface area contributed by atoms with Crippen molar-refractivity contribution < 1.29 is 4.79 Å². The van der Waals surface area contributed by atoms with Crippen LogP contribution in [0.4, 0.5) is 0 Å². The van der Waals surface area contributed by atoms with Gasteiger partial charge in [-0.25, -0.2) is 4.98 Å². The Kier molecular flexibility index (Phi) is 7.51. The number of hydrogen-bond donors (Lipinski definition) is 3. The van der Waals surface area contributed by atoms with Gasteiger partial charge in [-0.05, 0) is 34.5 Å². The molecule has 0 aliphatic rings. The topological polar surface area (TPSA) is 83.8 Å². The van der Waals surface area contributed by atoms with Gasteiger partial charge in [-0.3, -0.25) is 4.79 Å². The van der Waals surface area contributed by atoms with Crippen LogP contribution in [0, 0.1) is 0 Å². The number of imidazole rings is 1. The van der Waals surface area contributed by atoms with E-state index >= 15 is 0 Å². The number of benzene rings is 1. The molecule has 2 heterocycles. The molecule has 2 aromatic heterocycles. The minimum absolute atomic E-state index is 0. The SMILES string of the molecule is Cl.Cl.N[C@@H](Cc1cnc[nH]1)C(=O)NCc1ccc2sccc2c1. The van der Waals surface area contributed by atoms with E-state index in [1.165, 1.54) is 10.1 Å². The number of rotatable bonds is 5. The molecule has 0 unspecified atom stereocenters. The third-order valence-corrected chi connectivity index (χ3v) is 4.21. The predicted molar refractivity (Wildman–Crippen MR) is 98.4 cm³/mol. The third kappa shape index (κ3) is 4.94. The summed E-state index contributed by atoms with van der Waals surface area (Å²) in [6.07, 6.45) is 3.71. The fraction of sp³-hybridized carbons (Fsp3) is 0.200. The Bertz CT molecular complexity index is 745. The maximum Gasteiger partial charge on any atom is 0.237 e. The Morgan fingerprint density at radius 1 is 1.35 bits per heavy atom.